The molecule has 6 rings (SSSR count). The van der Waals surface area contributed by atoms with Gasteiger partial charge in [-0.1, -0.05) is 174 Å². The Hall–Kier alpha value is -0.500. The normalized spacial score (nSPS) is 12.4. The summed E-state index contributed by atoms with van der Waals surface area (Å²) < 4.78 is 105. The van der Waals surface area contributed by atoms with Crippen LogP contribution in [-0.4, -0.2) is 46.0 Å². The van der Waals surface area contributed by atoms with E-state index in [-0.39, 0.29) is 68.9 Å². The summed E-state index contributed by atoms with van der Waals surface area (Å²) in [4.78, 5) is -0.568. The second-order valence-corrected chi connectivity index (χ2v) is 26.6. The number of hydrogen-bond acceptors (Lipinski definition) is 9. The van der Waals surface area contributed by atoms with E-state index in [4.69, 9.17) is 2.56 Å². The van der Waals surface area contributed by atoms with Crippen molar-refractivity contribution >= 4 is 120 Å². The molecule has 0 saturated heterocycles. The molecule has 0 amide bonds. The van der Waals surface area contributed by atoms with Crippen LogP contribution in [0.3, 0.4) is 0 Å². The summed E-state index contributed by atoms with van der Waals surface area (Å²) in [7, 11) is -12.6. The molecule has 0 bridgehead atoms. The SMILES string of the molecule is O=P(c1ccccc1)(c1ccccc1)c1cccc(S(=O)(=O)[O-])c1.O=S(=O)([O-])c1cccc(P(c2ccccc2)c2ccccc2)c1.[3H]P(C)P=S.[3H]P(C)P=S=O.[Na+].[Na+]. The van der Waals surface area contributed by atoms with Gasteiger partial charge in [-0.05, 0) is 68.5 Å². The van der Waals surface area contributed by atoms with Crippen molar-refractivity contribution in [1.29, 1.82) is 2.56 Å². The summed E-state index contributed by atoms with van der Waals surface area (Å²) >= 11 is 4.49. The largest absolute Gasteiger partial charge is 1.00 e. The van der Waals surface area contributed by atoms with Gasteiger partial charge in [0, 0.05) is 23.0 Å². The summed E-state index contributed by atoms with van der Waals surface area (Å²) in [5, 5.41) is 4.53. The quantitative estimate of drug-likeness (QED) is 0.113. The van der Waals surface area contributed by atoms with E-state index in [1.54, 1.807) is 67.3 Å². The Kier molecular flexibility index (Phi) is 25.9. The Bertz CT molecular complexity index is 2470. The molecule has 0 aliphatic heterocycles. The van der Waals surface area contributed by atoms with Crippen molar-refractivity contribution in [3.8, 4) is 0 Å². The van der Waals surface area contributed by atoms with E-state index in [9.17, 15) is 34.7 Å². The van der Waals surface area contributed by atoms with Gasteiger partial charge < -0.3 is 13.7 Å². The van der Waals surface area contributed by atoms with Gasteiger partial charge in [0.1, 0.15) is 31.1 Å². The van der Waals surface area contributed by atoms with Crippen LogP contribution in [-0.2, 0) is 47.5 Å². The summed E-state index contributed by atoms with van der Waals surface area (Å²) in [5.74, 6) is 0. The average Bonchev–Trinajstić information content (AvgIpc) is 3.22. The van der Waals surface area contributed by atoms with Crippen LogP contribution < -0.4 is 90.9 Å². The van der Waals surface area contributed by atoms with Crippen molar-refractivity contribution in [1.82, 2.24) is 0 Å². The van der Waals surface area contributed by atoms with E-state index in [1.807, 2.05) is 85.5 Å². The molecule has 0 heterocycles. The molecule has 2 atom stereocenters. The van der Waals surface area contributed by atoms with Crippen molar-refractivity contribution in [3.05, 3.63) is 170 Å². The molecule has 0 radical (unpaired) electrons. The fraction of sp³-hybridized carbons (Fsp3) is 0.0526. The molecule has 0 aliphatic carbocycles. The van der Waals surface area contributed by atoms with Gasteiger partial charge in [0.25, 0.3) is 0 Å². The van der Waals surface area contributed by atoms with Gasteiger partial charge >= 0.3 is 59.1 Å². The monoisotopic (exact) mass is 984 g/mol. The van der Waals surface area contributed by atoms with Crippen molar-refractivity contribution in [2.75, 3.05) is 13.3 Å². The van der Waals surface area contributed by atoms with Gasteiger partial charge in [0.2, 0.25) is 0 Å². The predicted molar refractivity (Wildman–Crippen MR) is 245 cm³/mol. The molecule has 58 heavy (non-hydrogen) atoms. The van der Waals surface area contributed by atoms with Gasteiger partial charge in [-0.2, -0.15) is 0 Å². The maximum Gasteiger partial charge on any atom is 1.00 e. The zero-order valence-corrected chi connectivity index (χ0v) is 44.4. The first-order valence-corrected chi connectivity index (χ1v) is 30.2. The minimum atomic E-state index is -4.62. The van der Waals surface area contributed by atoms with Crippen molar-refractivity contribution < 1.29 is 93.8 Å². The van der Waals surface area contributed by atoms with Crippen LogP contribution >= 0.6 is 45.6 Å². The van der Waals surface area contributed by atoms with E-state index in [2.05, 4.69) is 11.8 Å². The first-order chi connectivity index (χ1) is 27.5. The smallest absolute Gasteiger partial charge is 0.744 e. The second-order valence-electron chi connectivity index (χ2n) is 10.8. The first-order valence-electron chi connectivity index (χ1n) is 16.9. The van der Waals surface area contributed by atoms with Crippen LogP contribution in [0, 0.1) is 0 Å². The maximum atomic E-state index is 14.0. The third kappa shape index (κ3) is 17.7. The summed E-state index contributed by atoms with van der Waals surface area (Å²) in [6, 6.07) is 49.3. The minimum absolute atomic E-state index is 0. The topological polar surface area (TPSA) is 149 Å². The van der Waals surface area contributed by atoms with Crippen LogP contribution in [0.15, 0.2) is 180 Å². The first kappa shape index (κ1) is 51.8. The molecule has 20 heteroatoms. The van der Waals surface area contributed by atoms with Crippen LogP contribution in [0.2, 0.25) is 0 Å². The molecule has 0 spiro atoms. The molecule has 0 fully saturated rings. The summed E-state index contributed by atoms with van der Waals surface area (Å²) in [5.41, 5.74) is 0. The van der Waals surface area contributed by atoms with Crippen LogP contribution in [0.5, 0.6) is 0 Å². The molecular weight excluding hydrogens is 945 g/mol. The predicted octanol–water partition coefficient (Wildman–Crippen LogP) is 1.49. The Morgan fingerprint density at radius 3 is 1.28 bits per heavy atom. The van der Waals surface area contributed by atoms with E-state index >= 15 is 0 Å². The van der Waals surface area contributed by atoms with Gasteiger partial charge in [0.15, 0.2) is 7.14 Å². The molecular formula is C38H36Na2O8P6S4. The van der Waals surface area contributed by atoms with Crippen LogP contribution in [0.25, 0.3) is 0 Å². The fourth-order valence-corrected chi connectivity index (χ4v) is 12.1. The van der Waals surface area contributed by atoms with E-state index in [0.717, 1.165) is 23.0 Å². The average molecular weight is 985 g/mol. The molecule has 292 valence electrons. The van der Waals surface area contributed by atoms with Gasteiger partial charge in [-0.3, -0.25) is 0 Å². The van der Waals surface area contributed by atoms with Gasteiger partial charge in [-0.15, -0.1) is 0 Å². The molecule has 0 N–H and O–H groups in total. The minimum Gasteiger partial charge on any atom is -0.744 e. The standard InChI is InChI=1S/C18H15O4PS.C18H15O3PS.CH4OP2S.CH4P2S.2Na/c19-23(15-8-3-1-4-9-15,16-10-5-2-6-11-16)17-12-7-13-18(14-17)24(20,21)22;19-23(20,21)18-13-7-12-17(14-18)22(15-8-3-1-4-9-15)16-10-5-2-6-11-16;1-3-4-5-2;1-2-3-4;;/h1-14H,(H,20,21,22);1-14H,(H,19,20,21);3H,1H3;2H,1H3;;/q;;;;2*+1/p-2/i;;3T;2T;;. The number of rotatable bonds is 10. The van der Waals surface area contributed by atoms with E-state index < -0.39 is 51.7 Å². The fourth-order valence-electron chi connectivity index (χ4n) is 4.97. The number of hydrogen-bond donors (Lipinski definition) is 0. The molecule has 2 unspecified atom stereocenters. The molecule has 0 aliphatic rings. The Balaban J connectivity index is 0.000000469. The van der Waals surface area contributed by atoms with Crippen molar-refractivity contribution in [2.45, 2.75) is 9.79 Å². The van der Waals surface area contributed by atoms with Crippen molar-refractivity contribution in [3.63, 3.8) is 0 Å². The zero-order chi connectivity index (χ0) is 42.8. The van der Waals surface area contributed by atoms with Crippen LogP contribution in [0.4, 0.5) is 0 Å². The van der Waals surface area contributed by atoms with Gasteiger partial charge in [-0.25, -0.2) is 21.0 Å². The molecule has 8 nitrogen and oxygen atoms in total. The van der Waals surface area contributed by atoms with Gasteiger partial charge in [0.05, 0.1) is 12.3 Å². The number of benzene rings is 6. The molecule has 6 aromatic rings. The Morgan fingerprint density at radius 1 is 0.586 bits per heavy atom. The Labute approximate surface area is 405 Å². The van der Waals surface area contributed by atoms with E-state index in [0.29, 0.717) is 33.8 Å². The maximum absolute atomic E-state index is 14.0. The van der Waals surface area contributed by atoms with E-state index in [1.165, 1.54) is 30.3 Å². The second kappa shape index (κ2) is 29.0. The third-order valence-electron chi connectivity index (χ3n) is 7.30. The van der Waals surface area contributed by atoms with Crippen molar-refractivity contribution in [2.24, 2.45) is 0 Å². The molecule has 0 aromatic heterocycles. The molecule has 6 aromatic carbocycles. The Morgan fingerprint density at radius 2 is 0.931 bits per heavy atom. The third-order valence-corrected chi connectivity index (χ3v) is 19.6. The summed E-state index contributed by atoms with van der Waals surface area (Å²) in [6.45, 7) is 3.59. The zero-order valence-electron chi connectivity index (χ0n) is 33.7. The summed E-state index contributed by atoms with van der Waals surface area (Å²) in [6.07, 6.45) is 0. The van der Waals surface area contributed by atoms with Crippen LogP contribution in [0.1, 0.15) is 0 Å². The molecule has 0 saturated carbocycles.